The molecule has 3 heteroatoms. The molecule has 0 aliphatic carbocycles. The number of nitrogens with one attached hydrogen (secondary N) is 1. The van der Waals surface area contributed by atoms with Crippen LogP contribution in [0.25, 0.3) is 10.9 Å². The van der Waals surface area contributed by atoms with Crippen LogP contribution in [-0.4, -0.2) is 21.8 Å². The van der Waals surface area contributed by atoms with Gasteiger partial charge in [0, 0.05) is 29.3 Å². The zero-order chi connectivity index (χ0) is 11.6. The monoisotopic (exact) mass is 219 g/mol. The van der Waals surface area contributed by atoms with E-state index in [1.165, 1.54) is 0 Å². The van der Waals surface area contributed by atoms with Gasteiger partial charge in [-0.25, -0.2) is 0 Å². The third-order valence-electron chi connectivity index (χ3n) is 2.99. The Labute approximate surface area is 94.7 Å². The standard InChI is InChI=1S/C13H17NO2/c1-13(16,7-4-8-15)11-9-14-12-6-3-2-5-10(11)12/h2-3,5-6,9,14-16H,4,7-8H2,1H3. The molecule has 1 unspecified atom stereocenters. The summed E-state index contributed by atoms with van der Waals surface area (Å²) in [5, 5.41) is 20.2. The minimum atomic E-state index is -0.887. The molecule has 0 bridgehead atoms. The first kappa shape index (κ1) is 11.2. The van der Waals surface area contributed by atoms with E-state index in [9.17, 15) is 5.11 Å². The maximum Gasteiger partial charge on any atom is 0.0889 e. The van der Waals surface area contributed by atoms with Crippen molar-refractivity contribution in [2.45, 2.75) is 25.4 Å². The van der Waals surface area contributed by atoms with Gasteiger partial charge in [0.1, 0.15) is 0 Å². The second-order valence-electron chi connectivity index (χ2n) is 4.35. The van der Waals surface area contributed by atoms with Gasteiger partial charge in [-0.3, -0.25) is 0 Å². The van der Waals surface area contributed by atoms with E-state index in [0.717, 1.165) is 16.5 Å². The number of fused-ring (bicyclic) bond motifs is 1. The molecule has 0 amide bonds. The molecule has 0 radical (unpaired) electrons. The minimum Gasteiger partial charge on any atom is -0.396 e. The van der Waals surface area contributed by atoms with Crippen molar-refractivity contribution in [2.75, 3.05) is 6.61 Å². The van der Waals surface area contributed by atoms with Crippen molar-refractivity contribution in [2.24, 2.45) is 0 Å². The van der Waals surface area contributed by atoms with E-state index in [0.29, 0.717) is 12.8 Å². The molecule has 2 rings (SSSR count). The lowest BCUT2D eigenvalue weighted by molar-refractivity contribution is 0.0418. The lowest BCUT2D eigenvalue weighted by atomic mass is 9.91. The summed E-state index contributed by atoms with van der Waals surface area (Å²) in [4.78, 5) is 3.15. The van der Waals surface area contributed by atoms with E-state index in [2.05, 4.69) is 4.98 Å². The second-order valence-corrected chi connectivity index (χ2v) is 4.35. The number of aromatic nitrogens is 1. The number of H-pyrrole nitrogens is 1. The minimum absolute atomic E-state index is 0.110. The van der Waals surface area contributed by atoms with Crippen molar-refractivity contribution in [1.29, 1.82) is 0 Å². The second kappa shape index (κ2) is 4.28. The molecular formula is C13H17NO2. The predicted molar refractivity (Wildman–Crippen MR) is 64.2 cm³/mol. The van der Waals surface area contributed by atoms with Crippen LogP contribution in [0.4, 0.5) is 0 Å². The van der Waals surface area contributed by atoms with Crippen LogP contribution in [0, 0.1) is 0 Å². The summed E-state index contributed by atoms with van der Waals surface area (Å²) in [7, 11) is 0. The number of benzene rings is 1. The lowest BCUT2D eigenvalue weighted by Crippen LogP contribution is -2.21. The zero-order valence-corrected chi connectivity index (χ0v) is 9.40. The number of aliphatic hydroxyl groups is 2. The van der Waals surface area contributed by atoms with Crippen LogP contribution >= 0.6 is 0 Å². The highest BCUT2D eigenvalue weighted by atomic mass is 16.3. The van der Waals surface area contributed by atoms with Gasteiger partial charge >= 0.3 is 0 Å². The van der Waals surface area contributed by atoms with Crippen LogP contribution in [-0.2, 0) is 5.60 Å². The Bertz CT molecular complexity index is 473. The number of hydrogen-bond donors (Lipinski definition) is 3. The highest BCUT2D eigenvalue weighted by Crippen LogP contribution is 2.31. The van der Waals surface area contributed by atoms with E-state index >= 15 is 0 Å². The molecule has 1 heterocycles. The third-order valence-corrected chi connectivity index (χ3v) is 2.99. The van der Waals surface area contributed by atoms with E-state index in [4.69, 9.17) is 5.11 Å². The number of aromatic amines is 1. The summed E-state index contributed by atoms with van der Waals surface area (Å²) in [6.45, 7) is 1.90. The molecular weight excluding hydrogens is 202 g/mol. The molecule has 1 aromatic carbocycles. The Balaban J connectivity index is 2.38. The van der Waals surface area contributed by atoms with Crippen LogP contribution in [0.5, 0.6) is 0 Å². The van der Waals surface area contributed by atoms with E-state index in [1.807, 2.05) is 30.5 Å². The summed E-state index contributed by atoms with van der Waals surface area (Å²) in [5.41, 5.74) is 1.04. The largest absolute Gasteiger partial charge is 0.396 e. The summed E-state index contributed by atoms with van der Waals surface area (Å²) in [6.07, 6.45) is 3.01. The highest BCUT2D eigenvalue weighted by molar-refractivity contribution is 5.83. The SMILES string of the molecule is CC(O)(CCCO)c1c[nH]c2ccccc12. The summed E-state index contributed by atoms with van der Waals surface area (Å²) < 4.78 is 0. The Morgan fingerprint density at radius 3 is 2.81 bits per heavy atom. The summed E-state index contributed by atoms with van der Waals surface area (Å²) >= 11 is 0. The molecule has 0 saturated carbocycles. The molecule has 1 aromatic heterocycles. The molecule has 3 nitrogen and oxygen atoms in total. The maximum atomic E-state index is 10.4. The molecule has 3 N–H and O–H groups in total. The Kier molecular flexibility index (Phi) is 2.99. The Morgan fingerprint density at radius 2 is 2.06 bits per heavy atom. The van der Waals surface area contributed by atoms with Gasteiger partial charge in [0.2, 0.25) is 0 Å². The fourth-order valence-corrected chi connectivity index (χ4v) is 2.08. The average molecular weight is 219 g/mol. The topological polar surface area (TPSA) is 56.2 Å². The van der Waals surface area contributed by atoms with Crippen molar-refractivity contribution in [3.8, 4) is 0 Å². The van der Waals surface area contributed by atoms with Gasteiger partial charge in [-0.2, -0.15) is 0 Å². The average Bonchev–Trinajstić information content (AvgIpc) is 2.71. The van der Waals surface area contributed by atoms with Crippen LogP contribution in [0.15, 0.2) is 30.5 Å². The van der Waals surface area contributed by atoms with Crippen molar-refractivity contribution in [3.05, 3.63) is 36.0 Å². The fraction of sp³-hybridized carbons (Fsp3) is 0.385. The third kappa shape index (κ3) is 1.96. The van der Waals surface area contributed by atoms with Gasteiger partial charge in [0.05, 0.1) is 5.60 Å². The van der Waals surface area contributed by atoms with Gasteiger partial charge < -0.3 is 15.2 Å². The lowest BCUT2D eigenvalue weighted by Gasteiger charge is -2.22. The smallest absolute Gasteiger partial charge is 0.0889 e. The zero-order valence-electron chi connectivity index (χ0n) is 9.40. The quantitative estimate of drug-likeness (QED) is 0.738. The van der Waals surface area contributed by atoms with Crippen LogP contribution < -0.4 is 0 Å². The molecule has 86 valence electrons. The van der Waals surface area contributed by atoms with Crippen molar-refractivity contribution in [3.63, 3.8) is 0 Å². The van der Waals surface area contributed by atoms with Crippen LogP contribution in [0.2, 0.25) is 0 Å². The molecule has 0 fully saturated rings. The number of para-hydroxylation sites is 1. The summed E-state index contributed by atoms with van der Waals surface area (Å²) in [6, 6.07) is 7.91. The van der Waals surface area contributed by atoms with Crippen LogP contribution in [0.3, 0.4) is 0 Å². The molecule has 0 saturated heterocycles. The molecule has 2 aromatic rings. The first-order chi connectivity index (χ1) is 7.65. The summed E-state index contributed by atoms with van der Waals surface area (Å²) in [5.74, 6) is 0. The van der Waals surface area contributed by atoms with Crippen molar-refractivity contribution >= 4 is 10.9 Å². The van der Waals surface area contributed by atoms with E-state index in [1.54, 1.807) is 6.92 Å². The number of aliphatic hydroxyl groups excluding tert-OH is 1. The van der Waals surface area contributed by atoms with Crippen LogP contribution in [0.1, 0.15) is 25.3 Å². The van der Waals surface area contributed by atoms with Gasteiger partial charge in [-0.15, -0.1) is 0 Å². The van der Waals surface area contributed by atoms with Gasteiger partial charge in [-0.05, 0) is 25.8 Å². The number of hydrogen-bond acceptors (Lipinski definition) is 2. The predicted octanol–water partition coefficient (Wildman–Crippen LogP) is 2.15. The Morgan fingerprint density at radius 1 is 1.31 bits per heavy atom. The van der Waals surface area contributed by atoms with Gasteiger partial charge in [-0.1, -0.05) is 18.2 Å². The Hall–Kier alpha value is -1.32. The fourth-order valence-electron chi connectivity index (χ4n) is 2.08. The molecule has 1 atom stereocenters. The van der Waals surface area contributed by atoms with Crippen molar-refractivity contribution < 1.29 is 10.2 Å². The normalized spacial score (nSPS) is 15.2. The van der Waals surface area contributed by atoms with Gasteiger partial charge in [0.15, 0.2) is 0 Å². The van der Waals surface area contributed by atoms with E-state index in [-0.39, 0.29) is 6.61 Å². The first-order valence-electron chi connectivity index (χ1n) is 5.55. The molecule has 16 heavy (non-hydrogen) atoms. The van der Waals surface area contributed by atoms with Gasteiger partial charge in [0.25, 0.3) is 0 Å². The van der Waals surface area contributed by atoms with Crippen molar-refractivity contribution in [1.82, 2.24) is 4.98 Å². The molecule has 0 spiro atoms. The van der Waals surface area contributed by atoms with E-state index < -0.39 is 5.60 Å². The maximum absolute atomic E-state index is 10.4. The first-order valence-corrected chi connectivity index (χ1v) is 5.55. The highest BCUT2D eigenvalue weighted by Gasteiger charge is 2.25. The molecule has 0 aliphatic heterocycles. The molecule has 0 aliphatic rings. The number of rotatable bonds is 4.